The standard InChI is InChI=1S/C17H15Cl2N3O4S3/c1-2-22-16(24)12(9-14(23)20-11-5-3-10(18)4-6-11)27-17(22)21-29(25,26)15-8-7-13(19)28-15/h3-8,12H,2,9H2,1H3,(H,20,23)/b21-17+. The maximum atomic E-state index is 12.6. The minimum atomic E-state index is -4.00. The number of halogens is 2. The number of benzene rings is 1. The van der Waals surface area contributed by atoms with Crippen molar-refractivity contribution < 1.29 is 18.0 Å². The summed E-state index contributed by atoms with van der Waals surface area (Å²) in [6.07, 6.45) is -0.119. The fourth-order valence-corrected chi connectivity index (χ4v) is 6.50. The number of nitrogens with one attached hydrogen (secondary N) is 1. The zero-order valence-electron chi connectivity index (χ0n) is 15.0. The highest BCUT2D eigenvalue weighted by Crippen LogP contribution is 2.33. The van der Waals surface area contributed by atoms with E-state index in [1.165, 1.54) is 17.0 Å². The van der Waals surface area contributed by atoms with E-state index in [2.05, 4.69) is 9.71 Å². The topological polar surface area (TPSA) is 95.9 Å². The van der Waals surface area contributed by atoms with Crippen LogP contribution >= 0.6 is 46.3 Å². The van der Waals surface area contributed by atoms with Crippen molar-refractivity contribution in [1.29, 1.82) is 0 Å². The molecule has 1 fully saturated rings. The molecule has 2 heterocycles. The summed E-state index contributed by atoms with van der Waals surface area (Å²) >= 11 is 13.5. The first-order valence-electron chi connectivity index (χ1n) is 8.33. The number of carbonyl (C=O) groups excluding carboxylic acids is 2. The van der Waals surface area contributed by atoms with E-state index in [1.54, 1.807) is 31.2 Å². The Kier molecular flexibility index (Phi) is 6.90. The summed E-state index contributed by atoms with van der Waals surface area (Å²) in [5.41, 5.74) is 0.549. The van der Waals surface area contributed by atoms with Crippen LogP contribution in [-0.2, 0) is 19.6 Å². The van der Waals surface area contributed by atoms with Crippen molar-refractivity contribution in [2.45, 2.75) is 22.8 Å². The van der Waals surface area contributed by atoms with Gasteiger partial charge < -0.3 is 5.32 Å². The van der Waals surface area contributed by atoms with Crippen LogP contribution in [0.25, 0.3) is 0 Å². The molecule has 0 radical (unpaired) electrons. The third-order valence-electron chi connectivity index (χ3n) is 3.84. The molecule has 0 saturated carbocycles. The second-order valence-electron chi connectivity index (χ2n) is 5.86. The molecule has 2 aromatic rings. The van der Waals surface area contributed by atoms with Gasteiger partial charge in [0.15, 0.2) is 5.17 Å². The third-order valence-corrected chi connectivity index (χ3v) is 8.34. The van der Waals surface area contributed by atoms with Gasteiger partial charge in [-0.05, 0) is 43.3 Å². The predicted molar refractivity (Wildman–Crippen MR) is 117 cm³/mol. The number of anilines is 1. The minimum Gasteiger partial charge on any atom is -0.326 e. The lowest BCUT2D eigenvalue weighted by Crippen LogP contribution is -2.33. The number of rotatable bonds is 6. The molecule has 1 aliphatic rings. The molecular formula is C17H15Cl2N3O4S3. The Balaban J connectivity index is 1.74. The number of hydrogen-bond donors (Lipinski definition) is 1. The normalized spacial score (nSPS) is 18.4. The fourth-order valence-electron chi connectivity index (χ4n) is 2.50. The summed E-state index contributed by atoms with van der Waals surface area (Å²) in [6, 6.07) is 9.40. The number of thioether (sulfide) groups is 1. The summed E-state index contributed by atoms with van der Waals surface area (Å²) in [6.45, 7) is 1.94. The van der Waals surface area contributed by atoms with Gasteiger partial charge in [-0.15, -0.1) is 15.7 Å². The molecule has 1 aromatic heterocycles. The zero-order chi connectivity index (χ0) is 21.2. The van der Waals surface area contributed by atoms with Crippen LogP contribution in [-0.4, -0.2) is 42.1 Å². The van der Waals surface area contributed by atoms with Gasteiger partial charge in [-0.3, -0.25) is 14.5 Å². The lowest BCUT2D eigenvalue weighted by Gasteiger charge is -2.13. The summed E-state index contributed by atoms with van der Waals surface area (Å²) in [4.78, 5) is 26.2. The number of thiophene rings is 1. The summed E-state index contributed by atoms with van der Waals surface area (Å²) in [5, 5.41) is 2.51. The van der Waals surface area contributed by atoms with Gasteiger partial charge in [0.25, 0.3) is 10.0 Å². The fraction of sp³-hybridized carbons (Fsp3) is 0.235. The number of hydrogen-bond acceptors (Lipinski definition) is 6. The van der Waals surface area contributed by atoms with Gasteiger partial charge in [0.2, 0.25) is 11.8 Å². The van der Waals surface area contributed by atoms with E-state index >= 15 is 0 Å². The van der Waals surface area contributed by atoms with Gasteiger partial charge in [0, 0.05) is 23.7 Å². The molecule has 1 N–H and O–H groups in total. The van der Waals surface area contributed by atoms with Crippen LogP contribution in [0.4, 0.5) is 5.69 Å². The van der Waals surface area contributed by atoms with Crippen molar-refractivity contribution in [2.24, 2.45) is 4.40 Å². The Morgan fingerprint density at radius 1 is 1.21 bits per heavy atom. The van der Waals surface area contributed by atoms with Crippen LogP contribution in [0.5, 0.6) is 0 Å². The average molecular weight is 492 g/mol. The minimum absolute atomic E-state index is 0.0111. The van der Waals surface area contributed by atoms with Gasteiger partial charge in [-0.1, -0.05) is 35.0 Å². The van der Waals surface area contributed by atoms with Crippen molar-refractivity contribution >= 4 is 79.0 Å². The SMILES string of the molecule is CCN1C(=O)C(CC(=O)Nc2ccc(Cl)cc2)S/C1=N/S(=O)(=O)c1ccc(Cl)s1. The number of amides is 2. The van der Waals surface area contributed by atoms with E-state index in [0.29, 0.717) is 15.0 Å². The number of sulfonamides is 1. The van der Waals surface area contributed by atoms with E-state index in [9.17, 15) is 18.0 Å². The zero-order valence-corrected chi connectivity index (χ0v) is 18.9. The van der Waals surface area contributed by atoms with Crippen molar-refractivity contribution in [3.05, 3.63) is 45.8 Å². The van der Waals surface area contributed by atoms with Crippen molar-refractivity contribution in [3.8, 4) is 0 Å². The predicted octanol–water partition coefficient (Wildman–Crippen LogP) is 4.09. The summed E-state index contributed by atoms with van der Waals surface area (Å²) in [5.74, 6) is -0.731. The lowest BCUT2D eigenvalue weighted by molar-refractivity contribution is -0.128. The molecule has 154 valence electrons. The molecule has 12 heteroatoms. The average Bonchev–Trinajstić information content (AvgIpc) is 3.21. The number of amidine groups is 1. The van der Waals surface area contributed by atoms with Crippen LogP contribution in [0.3, 0.4) is 0 Å². The molecule has 1 saturated heterocycles. The largest absolute Gasteiger partial charge is 0.326 e. The van der Waals surface area contributed by atoms with Crippen molar-refractivity contribution in [3.63, 3.8) is 0 Å². The Morgan fingerprint density at radius 2 is 1.90 bits per heavy atom. The molecule has 2 amide bonds. The quantitative estimate of drug-likeness (QED) is 0.656. The number of carbonyl (C=O) groups is 2. The molecule has 1 aliphatic heterocycles. The van der Waals surface area contributed by atoms with Crippen LogP contribution in [0.15, 0.2) is 45.0 Å². The highest BCUT2D eigenvalue weighted by molar-refractivity contribution is 8.16. The first-order valence-corrected chi connectivity index (χ1v) is 12.2. The van der Waals surface area contributed by atoms with Gasteiger partial charge in [0.1, 0.15) is 9.46 Å². The van der Waals surface area contributed by atoms with Gasteiger partial charge in [-0.25, -0.2) is 0 Å². The maximum absolute atomic E-state index is 12.6. The molecule has 1 aromatic carbocycles. The second-order valence-corrected chi connectivity index (χ2v) is 11.0. The molecule has 0 spiro atoms. The highest BCUT2D eigenvalue weighted by atomic mass is 35.5. The summed E-state index contributed by atoms with van der Waals surface area (Å²) < 4.78 is 29.1. The van der Waals surface area contributed by atoms with Crippen LogP contribution in [0.2, 0.25) is 9.36 Å². The highest BCUT2D eigenvalue weighted by Gasteiger charge is 2.39. The molecule has 1 atom stereocenters. The van der Waals surface area contributed by atoms with Gasteiger partial charge in [-0.2, -0.15) is 8.42 Å². The van der Waals surface area contributed by atoms with Crippen LogP contribution in [0.1, 0.15) is 13.3 Å². The third kappa shape index (κ3) is 5.32. The maximum Gasteiger partial charge on any atom is 0.294 e. The Labute approximate surface area is 186 Å². The van der Waals surface area contributed by atoms with Crippen molar-refractivity contribution in [2.75, 3.05) is 11.9 Å². The Hall–Kier alpha value is -1.59. The van der Waals surface area contributed by atoms with E-state index < -0.39 is 15.3 Å². The Bertz CT molecular complexity index is 1070. The summed E-state index contributed by atoms with van der Waals surface area (Å²) in [7, 11) is -4.00. The Morgan fingerprint density at radius 3 is 2.48 bits per heavy atom. The second kappa shape index (κ2) is 9.05. The lowest BCUT2D eigenvalue weighted by atomic mass is 10.2. The molecular weight excluding hydrogens is 477 g/mol. The van der Waals surface area contributed by atoms with Crippen molar-refractivity contribution in [1.82, 2.24) is 4.90 Å². The molecule has 1 unspecified atom stereocenters. The van der Waals surface area contributed by atoms with Crippen LogP contribution < -0.4 is 5.32 Å². The molecule has 0 aliphatic carbocycles. The van der Waals surface area contributed by atoms with E-state index in [0.717, 1.165) is 23.1 Å². The van der Waals surface area contributed by atoms with Gasteiger partial charge in [0.05, 0.1) is 4.34 Å². The number of nitrogens with zero attached hydrogens (tertiary/aromatic N) is 2. The van der Waals surface area contributed by atoms with E-state index in [1.807, 2.05) is 0 Å². The molecule has 3 rings (SSSR count). The van der Waals surface area contributed by atoms with Crippen LogP contribution in [0, 0.1) is 0 Å². The molecule has 0 bridgehead atoms. The van der Waals surface area contributed by atoms with Gasteiger partial charge >= 0.3 is 0 Å². The smallest absolute Gasteiger partial charge is 0.294 e. The molecule has 7 nitrogen and oxygen atoms in total. The first kappa shape index (κ1) is 22.1. The van der Waals surface area contributed by atoms with E-state index in [4.69, 9.17) is 23.2 Å². The monoisotopic (exact) mass is 491 g/mol. The first-order chi connectivity index (χ1) is 13.7. The van der Waals surface area contributed by atoms with E-state index in [-0.39, 0.29) is 34.2 Å². The molecule has 29 heavy (non-hydrogen) atoms.